The molecule has 1 aromatic rings. The molecule has 0 bridgehead atoms. The number of anilines is 1. The van der Waals surface area contributed by atoms with Gasteiger partial charge in [0.25, 0.3) is 0 Å². The third-order valence-corrected chi connectivity index (χ3v) is 1.74. The molecule has 100 valence electrons. The predicted molar refractivity (Wildman–Crippen MR) is 71.4 cm³/mol. The van der Waals surface area contributed by atoms with Gasteiger partial charge in [-0.3, -0.25) is 9.59 Å². The quantitative estimate of drug-likeness (QED) is 0.853. The second-order valence-electron chi connectivity index (χ2n) is 4.08. The molecule has 5 nitrogen and oxygen atoms in total. The van der Waals surface area contributed by atoms with Gasteiger partial charge in [0.1, 0.15) is 6.54 Å². The topological polar surface area (TPSA) is 83.6 Å². The monoisotopic (exact) mass is 252 g/mol. The van der Waals surface area contributed by atoms with Gasteiger partial charge >= 0.3 is 5.97 Å². The van der Waals surface area contributed by atoms with E-state index in [4.69, 9.17) is 10.8 Å². The molecule has 0 aromatic heterocycles. The fourth-order valence-corrected chi connectivity index (χ4v) is 1.13. The molecule has 0 aliphatic carbocycles. The summed E-state index contributed by atoms with van der Waals surface area (Å²) >= 11 is 0. The van der Waals surface area contributed by atoms with Gasteiger partial charge in [-0.2, -0.15) is 0 Å². The molecule has 0 heterocycles. The number of hydrogen-bond donors (Lipinski definition) is 2. The van der Waals surface area contributed by atoms with E-state index in [1.165, 1.54) is 11.8 Å². The van der Waals surface area contributed by atoms with Crippen molar-refractivity contribution in [3.63, 3.8) is 0 Å². The van der Waals surface area contributed by atoms with Gasteiger partial charge in [-0.15, -0.1) is 0 Å². The lowest BCUT2D eigenvalue weighted by Crippen LogP contribution is -2.33. The highest BCUT2D eigenvalue weighted by molar-refractivity contribution is 5.95. The number of carboxylic acids is 1. The lowest BCUT2D eigenvalue weighted by Gasteiger charge is -2.18. The molecule has 0 fully saturated rings. The molecule has 1 rings (SSSR count). The largest absolute Gasteiger partial charge is 0.480 e. The van der Waals surface area contributed by atoms with Gasteiger partial charge in [0.2, 0.25) is 5.91 Å². The third-order valence-electron chi connectivity index (χ3n) is 1.74. The highest BCUT2D eigenvalue weighted by Crippen LogP contribution is 2.12. The first kappa shape index (κ1) is 16.1. The maximum atomic E-state index is 11.1. The van der Waals surface area contributed by atoms with Crippen LogP contribution in [0.4, 0.5) is 5.69 Å². The predicted octanol–water partition coefficient (Wildman–Crippen LogP) is 1.48. The first-order valence-electron chi connectivity index (χ1n) is 5.65. The van der Waals surface area contributed by atoms with Crippen LogP contribution in [0.3, 0.4) is 0 Å². The lowest BCUT2D eigenvalue weighted by molar-refractivity contribution is -0.136. The summed E-state index contributed by atoms with van der Waals surface area (Å²) in [5.41, 5.74) is 5.71. The summed E-state index contributed by atoms with van der Waals surface area (Å²) < 4.78 is 0. The Hall–Kier alpha value is -1.88. The van der Waals surface area contributed by atoms with Crippen molar-refractivity contribution in [3.05, 3.63) is 30.3 Å². The Morgan fingerprint density at radius 1 is 1.28 bits per heavy atom. The van der Waals surface area contributed by atoms with Crippen LogP contribution in [-0.4, -0.2) is 29.6 Å². The molecule has 5 heteroatoms. The van der Waals surface area contributed by atoms with Crippen LogP contribution in [0.25, 0.3) is 0 Å². The fourth-order valence-electron chi connectivity index (χ4n) is 1.13. The first-order valence-corrected chi connectivity index (χ1v) is 5.65. The number of rotatable bonds is 3. The molecule has 0 radical (unpaired) electrons. The van der Waals surface area contributed by atoms with E-state index >= 15 is 0 Å². The maximum Gasteiger partial charge on any atom is 0.323 e. The summed E-state index contributed by atoms with van der Waals surface area (Å²) in [5.74, 6) is -1.30. The zero-order valence-corrected chi connectivity index (χ0v) is 11.0. The third kappa shape index (κ3) is 7.40. The zero-order chi connectivity index (χ0) is 14.1. The Kier molecular flexibility index (Phi) is 7.38. The maximum absolute atomic E-state index is 11.1. The van der Waals surface area contributed by atoms with E-state index in [-0.39, 0.29) is 12.5 Å². The van der Waals surface area contributed by atoms with Crippen molar-refractivity contribution in [2.75, 3.05) is 11.4 Å². The Balaban J connectivity index is 0.000000631. The van der Waals surface area contributed by atoms with Crippen molar-refractivity contribution in [2.45, 2.75) is 26.8 Å². The molecular formula is C13H20N2O3. The van der Waals surface area contributed by atoms with Gasteiger partial charge in [0.15, 0.2) is 0 Å². The van der Waals surface area contributed by atoms with Gasteiger partial charge in [-0.1, -0.05) is 32.0 Å². The number of nitrogens with zero attached hydrogens (tertiary/aromatic N) is 1. The van der Waals surface area contributed by atoms with Crippen LogP contribution >= 0.6 is 0 Å². The van der Waals surface area contributed by atoms with E-state index in [0.717, 1.165) is 0 Å². The van der Waals surface area contributed by atoms with Crippen LogP contribution in [0.5, 0.6) is 0 Å². The van der Waals surface area contributed by atoms with Crippen molar-refractivity contribution in [2.24, 2.45) is 5.73 Å². The molecule has 0 aliphatic rings. The van der Waals surface area contributed by atoms with Gasteiger partial charge in [0, 0.05) is 12.6 Å². The molecule has 1 amide bonds. The number of carbonyl (C=O) groups excluding carboxylic acids is 1. The minimum absolute atomic E-state index is 0.279. The molecule has 0 spiro atoms. The lowest BCUT2D eigenvalue weighted by atomic mass is 10.3. The number of carboxylic acid groups (broad SMARTS) is 1. The Bertz CT molecular complexity index is 374. The second-order valence-corrected chi connectivity index (χ2v) is 4.08. The van der Waals surface area contributed by atoms with Crippen molar-refractivity contribution in [1.82, 2.24) is 0 Å². The van der Waals surface area contributed by atoms with Gasteiger partial charge in [0.05, 0.1) is 0 Å². The van der Waals surface area contributed by atoms with Crippen molar-refractivity contribution < 1.29 is 14.7 Å². The number of hydrogen-bond acceptors (Lipinski definition) is 3. The minimum Gasteiger partial charge on any atom is -0.480 e. The standard InChI is InChI=1S/C10H11NO3.C3H9N/c1-8(12)11(7-10(13)14)9-5-3-2-4-6-9;1-3(2)4/h2-6H,7H2,1H3,(H,13,14);3H,4H2,1-2H3. The first-order chi connectivity index (χ1) is 8.34. The average molecular weight is 252 g/mol. The molecule has 0 unspecified atom stereocenters. The van der Waals surface area contributed by atoms with Crippen LogP contribution in [0.15, 0.2) is 30.3 Å². The summed E-state index contributed by atoms with van der Waals surface area (Å²) in [5, 5.41) is 8.60. The summed E-state index contributed by atoms with van der Waals surface area (Å²) in [7, 11) is 0. The van der Waals surface area contributed by atoms with E-state index in [1.54, 1.807) is 24.3 Å². The molecule has 1 aromatic carbocycles. The van der Waals surface area contributed by atoms with Crippen molar-refractivity contribution >= 4 is 17.6 Å². The van der Waals surface area contributed by atoms with Crippen molar-refractivity contribution in [3.8, 4) is 0 Å². The van der Waals surface area contributed by atoms with Gasteiger partial charge < -0.3 is 15.7 Å². The highest BCUT2D eigenvalue weighted by Gasteiger charge is 2.13. The molecule has 0 saturated carbocycles. The smallest absolute Gasteiger partial charge is 0.323 e. The fraction of sp³-hybridized carbons (Fsp3) is 0.385. The minimum atomic E-state index is -1.02. The number of amides is 1. The number of carbonyl (C=O) groups is 2. The number of para-hydroxylation sites is 1. The van der Waals surface area contributed by atoms with Gasteiger partial charge in [-0.25, -0.2) is 0 Å². The number of nitrogens with two attached hydrogens (primary N) is 1. The van der Waals surface area contributed by atoms with E-state index < -0.39 is 5.97 Å². The number of aliphatic carboxylic acids is 1. The van der Waals surface area contributed by atoms with Gasteiger partial charge in [-0.05, 0) is 18.2 Å². The second kappa shape index (κ2) is 8.25. The molecule has 3 N–H and O–H groups in total. The highest BCUT2D eigenvalue weighted by atomic mass is 16.4. The summed E-state index contributed by atoms with van der Waals surface area (Å²) in [4.78, 5) is 22.8. The van der Waals surface area contributed by atoms with Crippen molar-refractivity contribution in [1.29, 1.82) is 0 Å². The van der Waals surface area contributed by atoms with Crippen LogP contribution < -0.4 is 10.6 Å². The van der Waals surface area contributed by atoms with Crippen LogP contribution in [0.2, 0.25) is 0 Å². The summed E-state index contributed by atoms with van der Waals surface area (Å²) in [6.45, 7) is 4.93. The summed E-state index contributed by atoms with van der Waals surface area (Å²) in [6.07, 6.45) is 0. The Morgan fingerprint density at radius 2 is 1.72 bits per heavy atom. The van der Waals surface area contributed by atoms with E-state index in [9.17, 15) is 9.59 Å². The average Bonchev–Trinajstić information content (AvgIpc) is 2.25. The van der Waals surface area contributed by atoms with Crippen LogP contribution in [0.1, 0.15) is 20.8 Å². The van der Waals surface area contributed by atoms with E-state index in [1.807, 2.05) is 19.9 Å². The SMILES string of the molecule is CC(=O)N(CC(=O)O)c1ccccc1.CC(C)N. The molecule has 0 saturated heterocycles. The number of benzene rings is 1. The van der Waals surface area contributed by atoms with Crippen LogP contribution in [-0.2, 0) is 9.59 Å². The van der Waals surface area contributed by atoms with E-state index in [2.05, 4.69) is 0 Å². The van der Waals surface area contributed by atoms with E-state index in [0.29, 0.717) is 11.7 Å². The Labute approximate surface area is 107 Å². The Morgan fingerprint density at radius 3 is 2.06 bits per heavy atom. The summed E-state index contributed by atoms with van der Waals surface area (Å²) in [6, 6.07) is 9.05. The zero-order valence-electron chi connectivity index (χ0n) is 11.0. The normalized spacial score (nSPS) is 9.39. The van der Waals surface area contributed by atoms with Crippen LogP contribution in [0, 0.1) is 0 Å². The molecule has 0 aliphatic heterocycles. The molecule has 0 atom stereocenters. The molecule has 18 heavy (non-hydrogen) atoms. The molecular weight excluding hydrogens is 232 g/mol.